The smallest absolute Gasteiger partial charge is 0.195 e. The largest absolute Gasteiger partial charge is 0.368 e. The van der Waals surface area contributed by atoms with E-state index in [4.69, 9.17) is 0 Å². The molecule has 122 valence electrons. The number of rotatable bonds is 2. The van der Waals surface area contributed by atoms with Crippen LogP contribution >= 0.6 is 23.1 Å². The van der Waals surface area contributed by atoms with E-state index in [1.54, 1.807) is 16.0 Å². The molecule has 0 bridgehead atoms. The Labute approximate surface area is 152 Å². The van der Waals surface area contributed by atoms with Crippen molar-refractivity contribution in [3.05, 3.63) is 65.7 Å². The first-order valence-electron chi connectivity index (χ1n) is 7.71. The van der Waals surface area contributed by atoms with E-state index in [9.17, 15) is 5.11 Å². The predicted molar refractivity (Wildman–Crippen MR) is 97.5 cm³/mol. The maximum atomic E-state index is 10.8. The van der Waals surface area contributed by atoms with Gasteiger partial charge < -0.3 is 5.11 Å². The Hall–Kier alpha value is -2.48. The third kappa shape index (κ3) is 2.48. The molecule has 5 rings (SSSR count). The summed E-state index contributed by atoms with van der Waals surface area (Å²) in [6.45, 7) is 0. The monoisotopic (exact) mass is 364 g/mol. The maximum absolute atomic E-state index is 10.8. The maximum Gasteiger partial charge on any atom is 0.195 e. The van der Waals surface area contributed by atoms with E-state index in [-0.39, 0.29) is 0 Å². The highest BCUT2D eigenvalue weighted by molar-refractivity contribution is 7.99. The van der Waals surface area contributed by atoms with Gasteiger partial charge in [0, 0.05) is 17.3 Å². The van der Waals surface area contributed by atoms with E-state index in [1.807, 2.05) is 60.1 Å². The van der Waals surface area contributed by atoms with Crippen LogP contribution in [0.1, 0.15) is 11.8 Å². The molecule has 3 aromatic heterocycles. The molecule has 1 unspecified atom stereocenters. The van der Waals surface area contributed by atoms with Crippen LogP contribution in [0, 0.1) is 0 Å². The lowest BCUT2D eigenvalue weighted by atomic mass is 10.1. The number of benzene rings is 1. The molecule has 4 aromatic rings. The van der Waals surface area contributed by atoms with Crippen molar-refractivity contribution in [1.29, 1.82) is 0 Å². The third-order valence-corrected chi connectivity index (χ3v) is 5.89. The second-order valence-electron chi connectivity index (χ2n) is 5.60. The molecule has 1 aliphatic rings. The molecule has 0 radical (unpaired) electrons. The van der Waals surface area contributed by atoms with Crippen LogP contribution in [0.2, 0.25) is 0 Å². The number of pyridine rings is 1. The number of aromatic nitrogens is 4. The predicted octanol–water partition coefficient (Wildman–Crippen LogP) is 4.07. The molecule has 1 N–H and O–H groups in total. The second kappa shape index (κ2) is 5.80. The van der Waals surface area contributed by atoms with Crippen molar-refractivity contribution in [2.45, 2.75) is 16.4 Å². The molecular weight excluding hydrogens is 352 g/mol. The second-order valence-corrected chi connectivity index (χ2v) is 7.50. The van der Waals surface area contributed by atoms with E-state index in [2.05, 4.69) is 15.1 Å². The number of fused-ring (bicyclic) bond motifs is 2. The van der Waals surface area contributed by atoms with Crippen LogP contribution in [0.25, 0.3) is 21.8 Å². The fraction of sp³-hybridized carbons (Fsp3) is 0.0556. The van der Waals surface area contributed by atoms with Crippen LogP contribution in [-0.2, 0) is 0 Å². The first-order chi connectivity index (χ1) is 12.3. The highest BCUT2D eigenvalue weighted by Crippen LogP contribution is 2.40. The number of aliphatic hydroxyl groups excluding tert-OH is 1. The van der Waals surface area contributed by atoms with Crippen molar-refractivity contribution < 1.29 is 5.11 Å². The lowest BCUT2D eigenvalue weighted by molar-refractivity contribution is 0.115. The zero-order chi connectivity index (χ0) is 16.8. The summed E-state index contributed by atoms with van der Waals surface area (Å²) in [5.41, 5.74) is 2.79. The van der Waals surface area contributed by atoms with Crippen LogP contribution in [0.5, 0.6) is 0 Å². The summed E-state index contributed by atoms with van der Waals surface area (Å²) >= 11 is 3.01. The Kier molecular flexibility index (Phi) is 3.44. The topological polar surface area (TPSA) is 63.8 Å². The van der Waals surface area contributed by atoms with Crippen LogP contribution in [0.4, 0.5) is 0 Å². The average molecular weight is 364 g/mol. The fourth-order valence-electron chi connectivity index (χ4n) is 2.79. The summed E-state index contributed by atoms with van der Waals surface area (Å²) < 4.78 is 1.57. The normalized spacial score (nSPS) is 15.6. The molecule has 0 aliphatic carbocycles. The van der Waals surface area contributed by atoms with Gasteiger partial charge in [-0.15, -0.1) is 16.4 Å². The number of aliphatic hydroxyl groups is 1. The molecule has 0 spiro atoms. The minimum atomic E-state index is -0.886. The molecule has 0 saturated carbocycles. The quantitative estimate of drug-likeness (QED) is 0.581. The van der Waals surface area contributed by atoms with Gasteiger partial charge in [0.1, 0.15) is 5.03 Å². The molecule has 5 nitrogen and oxygen atoms in total. The summed E-state index contributed by atoms with van der Waals surface area (Å²) in [7, 11) is 0. The standard InChI is InChI=1S/C18H12N4OS2/c23-17-13-9-12(11-5-2-1-3-6-11)10-19-16(13)25-18-20-15(21-22(17)18)14-7-4-8-24-14/h1-10,17,23H. The van der Waals surface area contributed by atoms with Crippen molar-refractivity contribution >= 4 is 23.1 Å². The van der Waals surface area contributed by atoms with Crippen molar-refractivity contribution in [2.24, 2.45) is 0 Å². The molecule has 4 heterocycles. The van der Waals surface area contributed by atoms with Gasteiger partial charge in [0.05, 0.1) is 4.88 Å². The van der Waals surface area contributed by atoms with Gasteiger partial charge in [-0.3, -0.25) is 0 Å². The van der Waals surface area contributed by atoms with E-state index in [1.165, 1.54) is 11.8 Å². The van der Waals surface area contributed by atoms with Crippen molar-refractivity contribution in [3.8, 4) is 21.8 Å². The van der Waals surface area contributed by atoms with Gasteiger partial charge in [-0.2, -0.15) is 4.98 Å². The Balaban J connectivity index is 1.57. The summed E-state index contributed by atoms with van der Waals surface area (Å²) in [4.78, 5) is 10.1. The Bertz CT molecular complexity index is 1040. The SMILES string of the molecule is OC1c2cc(-c3ccccc3)cnc2Sc2nc(-c3cccs3)nn21. The lowest BCUT2D eigenvalue weighted by Gasteiger charge is -2.21. The molecule has 0 saturated heterocycles. The van der Waals surface area contributed by atoms with Crippen molar-refractivity contribution in [3.63, 3.8) is 0 Å². The lowest BCUT2D eigenvalue weighted by Crippen LogP contribution is -2.18. The van der Waals surface area contributed by atoms with Crippen molar-refractivity contribution in [1.82, 2.24) is 19.7 Å². The Morgan fingerprint density at radius 1 is 1.04 bits per heavy atom. The number of thiophene rings is 1. The number of hydrogen-bond acceptors (Lipinski definition) is 6. The fourth-order valence-corrected chi connectivity index (χ4v) is 4.37. The molecular formula is C18H12N4OS2. The van der Waals surface area contributed by atoms with Crippen LogP contribution in [-0.4, -0.2) is 24.9 Å². The van der Waals surface area contributed by atoms with Gasteiger partial charge in [0.15, 0.2) is 17.2 Å². The zero-order valence-electron chi connectivity index (χ0n) is 12.9. The first kappa shape index (κ1) is 14.8. The van der Waals surface area contributed by atoms with Crippen LogP contribution in [0.3, 0.4) is 0 Å². The molecule has 1 atom stereocenters. The summed E-state index contributed by atoms with van der Waals surface area (Å²) in [5.74, 6) is 0.632. The number of nitrogens with zero attached hydrogens (tertiary/aromatic N) is 4. The molecule has 7 heteroatoms. The van der Waals surface area contributed by atoms with Crippen LogP contribution in [0.15, 0.2) is 70.3 Å². The van der Waals surface area contributed by atoms with Gasteiger partial charge in [0.25, 0.3) is 0 Å². The summed E-state index contributed by atoms with van der Waals surface area (Å²) in [6, 6.07) is 15.9. The molecule has 0 amide bonds. The highest BCUT2D eigenvalue weighted by atomic mass is 32.2. The minimum Gasteiger partial charge on any atom is -0.368 e. The van der Waals surface area contributed by atoms with Gasteiger partial charge in [-0.25, -0.2) is 9.67 Å². The van der Waals surface area contributed by atoms with E-state index in [0.717, 1.165) is 26.6 Å². The van der Waals surface area contributed by atoms with Gasteiger partial charge in [-0.05, 0) is 34.8 Å². The zero-order valence-corrected chi connectivity index (χ0v) is 14.5. The summed E-state index contributed by atoms with van der Waals surface area (Å²) in [5, 5.41) is 18.7. The molecule has 1 aliphatic heterocycles. The summed E-state index contributed by atoms with van der Waals surface area (Å²) in [6.07, 6.45) is 0.948. The number of hydrogen-bond donors (Lipinski definition) is 1. The molecule has 25 heavy (non-hydrogen) atoms. The van der Waals surface area contributed by atoms with Crippen molar-refractivity contribution in [2.75, 3.05) is 0 Å². The average Bonchev–Trinajstić information content (AvgIpc) is 3.32. The molecule has 0 fully saturated rings. The van der Waals surface area contributed by atoms with Gasteiger partial charge in [-0.1, -0.05) is 36.4 Å². The molecule has 1 aromatic carbocycles. The highest BCUT2D eigenvalue weighted by Gasteiger charge is 2.29. The Morgan fingerprint density at radius 3 is 2.72 bits per heavy atom. The third-order valence-electron chi connectivity index (χ3n) is 4.03. The van der Waals surface area contributed by atoms with E-state index >= 15 is 0 Å². The van der Waals surface area contributed by atoms with Gasteiger partial charge >= 0.3 is 0 Å². The Morgan fingerprint density at radius 2 is 1.92 bits per heavy atom. The van der Waals surface area contributed by atoms with Crippen LogP contribution < -0.4 is 0 Å². The van der Waals surface area contributed by atoms with Gasteiger partial charge in [0.2, 0.25) is 0 Å². The minimum absolute atomic E-state index is 0.632. The van der Waals surface area contributed by atoms with E-state index < -0.39 is 6.23 Å². The van der Waals surface area contributed by atoms with E-state index in [0.29, 0.717) is 11.0 Å². The first-order valence-corrected chi connectivity index (χ1v) is 9.41.